The normalized spacial score (nSPS) is 17.5. The maximum atomic E-state index is 9.83. The Bertz CT molecular complexity index is 373. The van der Waals surface area contributed by atoms with Gasteiger partial charge in [0.1, 0.15) is 17.6 Å². The molecule has 0 aliphatic carbocycles. The third-order valence-electron chi connectivity index (χ3n) is 2.45. The van der Waals surface area contributed by atoms with Crippen molar-refractivity contribution in [2.75, 3.05) is 19.6 Å². The van der Waals surface area contributed by atoms with Gasteiger partial charge in [-0.3, -0.25) is 4.99 Å². The zero-order valence-electron chi connectivity index (χ0n) is 9.36. The molecule has 1 aromatic rings. The van der Waals surface area contributed by atoms with Crippen LogP contribution in [0, 0.1) is 6.92 Å². The number of aliphatic imine (C=N–C) groups is 1. The van der Waals surface area contributed by atoms with Crippen molar-refractivity contribution < 1.29 is 9.52 Å². The average molecular weight is 223 g/mol. The van der Waals surface area contributed by atoms with Gasteiger partial charge in [-0.05, 0) is 25.5 Å². The minimum atomic E-state index is -0.639. The van der Waals surface area contributed by atoms with Crippen molar-refractivity contribution >= 4 is 5.96 Å². The Morgan fingerprint density at radius 1 is 1.62 bits per heavy atom. The Balaban J connectivity index is 1.83. The largest absolute Gasteiger partial charge is 0.464 e. The van der Waals surface area contributed by atoms with Gasteiger partial charge < -0.3 is 20.2 Å². The number of rotatable bonds is 3. The average Bonchev–Trinajstić information content (AvgIpc) is 2.74. The van der Waals surface area contributed by atoms with Gasteiger partial charge in [-0.1, -0.05) is 0 Å². The molecule has 0 fully saturated rings. The zero-order valence-corrected chi connectivity index (χ0v) is 9.36. The highest BCUT2D eigenvalue weighted by Gasteiger charge is 2.12. The van der Waals surface area contributed by atoms with E-state index in [0.717, 1.165) is 31.2 Å². The topological polar surface area (TPSA) is 69.8 Å². The number of furan rings is 1. The van der Waals surface area contributed by atoms with E-state index >= 15 is 0 Å². The van der Waals surface area contributed by atoms with Crippen LogP contribution in [-0.2, 0) is 0 Å². The minimum absolute atomic E-state index is 0.402. The number of aliphatic hydroxyl groups excluding tert-OH is 1. The van der Waals surface area contributed by atoms with Crippen LogP contribution in [0.2, 0.25) is 0 Å². The summed E-state index contributed by atoms with van der Waals surface area (Å²) in [5.41, 5.74) is 0. The lowest BCUT2D eigenvalue weighted by molar-refractivity contribution is 0.151. The molecule has 1 aromatic heterocycles. The van der Waals surface area contributed by atoms with Crippen LogP contribution >= 0.6 is 0 Å². The first kappa shape index (κ1) is 11.0. The Labute approximate surface area is 94.6 Å². The summed E-state index contributed by atoms with van der Waals surface area (Å²) < 4.78 is 5.33. The van der Waals surface area contributed by atoms with Gasteiger partial charge in [0, 0.05) is 13.1 Å². The summed E-state index contributed by atoms with van der Waals surface area (Å²) in [5.74, 6) is 2.15. The molecule has 0 amide bonds. The second-order valence-corrected chi connectivity index (χ2v) is 3.86. The minimum Gasteiger partial charge on any atom is -0.464 e. The molecule has 0 saturated carbocycles. The monoisotopic (exact) mass is 223 g/mol. The molecule has 88 valence electrons. The molecule has 5 heteroatoms. The first-order chi connectivity index (χ1) is 7.75. The Morgan fingerprint density at radius 3 is 3.12 bits per heavy atom. The van der Waals surface area contributed by atoms with Gasteiger partial charge in [0.05, 0.1) is 6.54 Å². The van der Waals surface area contributed by atoms with E-state index in [1.807, 2.05) is 13.0 Å². The summed E-state index contributed by atoms with van der Waals surface area (Å²) in [5, 5.41) is 16.0. The molecule has 1 unspecified atom stereocenters. The zero-order chi connectivity index (χ0) is 11.4. The molecule has 2 heterocycles. The van der Waals surface area contributed by atoms with E-state index < -0.39 is 6.10 Å². The first-order valence-corrected chi connectivity index (χ1v) is 5.52. The molecule has 0 saturated heterocycles. The Kier molecular flexibility index (Phi) is 3.46. The number of nitrogens with one attached hydrogen (secondary N) is 2. The molecule has 0 aromatic carbocycles. The molecule has 1 atom stereocenters. The maximum absolute atomic E-state index is 9.83. The van der Waals surface area contributed by atoms with Crippen LogP contribution in [0.5, 0.6) is 0 Å². The molecule has 2 rings (SSSR count). The van der Waals surface area contributed by atoms with Crippen LogP contribution in [-0.4, -0.2) is 30.7 Å². The summed E-state index contributed by atoms with van der Waals surface area (Å²) in [7, 11) is 0. The molecule has 1 aliphatic rings. The molecule has 16 heavy (non-hydrogen) atoms. The third kappa shape index (κ3) is 2.76. The number of hydrogen-bond acceptors (Lipinski definition) is 5. The number of guanidine groups is 1. The van der Waals surface area contributed by atoms with Crippen LogP contribution in [0.25, 0.3) is 0 Å². The van der Waals surface area contributed by atoms with Gasteiger partial charge in [-0.15, -0.1) is 0 Å². The van der Waals surface area contributed by atoms with E-state index in [1.165, 1.54) is 0 Å². The fourth-order valence-corrected chi connectivity index (χ4v) is 1.58. The van der Waals surface area contributed by atoms with Gasteiger partial charge in [0.2, 0.25) is 0 Å². The first-order valence-electron chi connectivity index (χ1n) is 5.52. The van der Waals surface area contributed by atoms with Crippen molar-refractivity contribution in [1.82, 2.24) is 10.6 Å². The smallest absolute Gasteiger partial charge is 0.191 e. The lowest BCUT2D eigenvalue weighted by Gasteiger charge is -2.17. The van der Waals surface area contributed by atoms with E-state index in [0.29, 0.717) is 12.3 Å². The second-order valence-electron chi connectivity index (χ2n) is 3.86. The highest BCUT2D eigenvalue weighted by Crippen LogP contribution is 2.14. The van der Waals surface area contributed by atoms with Gasteiger partial charge in [0.15, 0.2) is 5.96 Å². The van der Waals surface area contributed by atoms with Crippen LogP contribution in [0.4, 0.5) is 0 Å². The summed E-state index contributed by atoms with van der Waals surface area (Å²) >= 11 is 0. The number of aryl methyl sites for hydroxylation is 1. The van der Waals surface area contributed by atoms with E-state index in [1.54, 1.807) is 6.07 Å². The lowest BCUT2D eigenvalue weighted by Crippen LogP contribution is -2.42. The molecule has 1 aliphatic heterocycles. The Hall–Kier alpha value is -1.49. The molecule has 0 radical (unpaired) electrons. The molecule has 3 N–H and O–H groups in total. The fraction of sp³-hybridized carbons (Fsp3) is 0.545. The predicted molar refractivity (Wildman–Crippen MR) is 61.3 cm³/mol. The Morgan fingerprint density at radius 2 is 2.50 bits per heavy atom. The third-order valence-corrected chi connectivity index (χ3v) is 2.45. The van der Waals surface area contributed by atoms with Crippen molar-refractivity contribution in [3.63, 3.8) is 0 Å². The van der Waals surface area contributed by atoms with Crippen molar-refractivity contribution in [3.8, 4) is 0 Å². The van der Waals surface area contributed by atoms with Crippen molar-refractivity contribution in [2.24, 2.45) is 4.99 Å². The number of nitrogens with zero attached hydrogens (tertiary/aromatic N) is 1. The second kappa shape index (κ2) is 5.03. The SMILES string of the molecule is Cc1ccc(C(O)CNC2=NCCCN2)o1. The van der Waals surface area contributed by atoms with Gasteiger partial charge in [-0.25, -0.2) is 0 Å². The molecule has 0 spiro atoms. The van der Waals surface area contributed by atoms with Crippen molar-refractivity contribution in [3.05, 3.63) is 23.7 Å². The number of aliphatic hydroxyl groups is 1. The van der Waals surface area contributed by atoms with Crippen molar-refractivity contribution in [2.45, 2.75) is 19.4 Å². The van der Waals surface area contributed by atoms with Gasteiger partial charge >= 0.3 is 0 Å². The molecule has 0 bridgehead atoms. The predicted octanol–water partition coefficient (Wildman–Crippen LogP) is 0.560. The maximum Gasteiger partial charge on any atom is 0.191 e. The van der Waals surface area contributed by atoms with Crippen LogP contribution < -0.4 is 10.6 Å². The van der Waals surface area contributed by atoms with Gasteiger partial charge in [-0.2, -0.15) is 0 Å². The van der Waals surface area contributed by atoms with E-state index in [2.05, 4.69) is 15.6 Å². The van der Waals surface area contributed by atoms with Crippen LogP contribution in [0.1, 0.15) is 24.0 Å². The fourth-order valence-electron chi connectivity index (χ4n) is 1.58. The molecule has 5 nitrogen and oxygen atoms in total. The van der Waals surface area contributed by atoms with Gasteiger partial charge in [0.25, 0.3) is 0 Å². The quantitative estimate of drug-likeness (QED) is 0.700. The molecular weight excluding hydrogens is 206 g/mol. The number of hydrogen-bond donors (Lipinski definition) is 3. The summed E-state index contributed by atoms with van der Waals surface area (Å²) in [6, 6.07) is 3.63. The lowest BCUT2D eigenvalue weighted by atomic mass is 10.3. The van der Waals surface area contributed by atoms with E-state index in [4.69, 9.17) is 4.42 Å². The standard InChI is InChI=1S/C11H17N3O2/c1-8-3-4-10(16-8)9(15)7-14-11-12-5-2-6-13-11/h3-4,9,15H,2,5-7H2,1H3,(H2,12,13,14). The highest BCUT2D eigenvalue weighted by atomic mass is 16.4. The summed E-state index contributed by atoms with van der Waals surface area (Å²) in [4.78, 5) is 4.25. The van der Waals surface area contributed by atoms with Crippen molar-refractivity contribution in [1.29, 1.82) is 0 Å². The van der Waals surface area contributed by atoms with Crippen LogP contribution in [0.15, 0.2) is 21.5 Å². The molecular formula is C11H17N3O2. The van der Waals surface area contributed by atoms with Crippen LogP contribution in [0.3, 0.4) is 0 Å². The van der Waals surface area contributed by atoms with E-state index in [9.17, 15) is 5.11 Å². The highest BCUT2D eigenvalue weighted by molar-refractivity contribution is 5.80. The summed E-state index contributed by atoms with van der Waals surface area (Å²) in [6.07, 6.45) is 0.422. The van der Waals surface area contributed by atoms with E-state index in [-0.39, 0.29) is 0 Å². The summed E-state index contributed by atoms with van der Waals surface area (Å²) in [6.45, 7) is 4.03.